The summed E-state index contributed by atoms with van der Waals surface area (Å²) in [5.74, 6) is -8.67. The molecular formula is C40H30O16. The molecule has 2 heterocycles. The van der Waals surface area contributed by atoms with E-state index in [1.54, 1.807) is 0 Å². The number of Topliss-reactive ketones (excluding diaryl/α,β-unsaturated/α-hetero) is 1. The molecule has 5 aromatic rings. The van der Waals surface area contributed by atoms with E-state index in [-0.39, 0.29) is 56.8 Å². The summed E-state index contributed by atoms with van der Waals surface area (Å²) >= 11 is 0. The first-order valence-corrected chi connectivity index (χ1v) is 16.6. The second kappa shape index (κ2) is 15.1. The van der Waals surface area contributed by atoms with Crippen LogP contribution >= 0.6 is 0 Å². The van der Waals surface area contributed by atoms with Gasteiger partial charge in [-0.25, -0.2) is 0 Å². The van der Waals surface area contributed by atoms with Crippen LogP contribution in [0.5, 0.6) is 46.0 Å². The quantitative estimate of drug-likeness (QED) is 0.145. The topological polar surface area (TPSA) is 228 Å². The Morgan fingerprint density at radius 3 is 1.82 bits per heavy atom. The Balaban J connectivity index is 1.65. The lowest BCUT2D eigenvalue weighted by atomic mass is 9.79. The van der Waals surface area contributed by atoms with E-state index in [1.165, 1.54) is 55.5 Å². The van der Waals surface area contributed by atoms with Crippen LogP contribution in [0.15, 0.2) is 75.9 Å². The van der Waals surface area contributed by atoms with Crippen LogP contribution in [-0.2, 0) is 24.0 Å². The maximum absolute atomic E-state index is 14.8. The smallest absolute Gasteiger partial charge is 0.308 e. The van der Waals surface area contributed by atoms with Crippen LogP contribution in [0, 0.1) is 0 Å². The number of carbonyl (C=O) groups excluding carboxylic acids is 6. The number of carbonyl (C=O) groups is 6. The predicted molar refractivity (Wildman–Crippen MR) is 191 cm³/mol. The first-order valence-electron chi connectivity index (χ1n) is 16.6. The van der Waals surface area contributed by atoms with Crippen molar-refractivity contribution in [2.24, 2.45) is 0 Å². The molecule has 1 aliphatic rings. The summed E-state index contributed by atoms with van der Waals surface area (Å²) in [6, 6.07) is 13.9. The number of fused-ring (bicyclic) bond motifs is 2. The van der Waals surface area contributed by atoms with Crippen LogP contribution in [0.3, 0.4) is 0 Å². The third-order valence-corrected chi connectivity index (χ3v) is 8.15. The summed E-state index contributed by atoms with van der Waals surface area (Å²) < 4.78 is 38.8. The lowest BCUT2D eigenvalue weighted by Crippen LogP contribution is -2.31. The van der Waals surface area contributed by atoms with Crippen molar-refractivity contribution in [1.29, 1.82) is 0 Å². The van der Waals surface area contributed by atoms with E-state index in [4.69, 9.17) is 32.8 Å². The third-order valence-electron chi connectivity index (χ3n) is 8.15. The highest BCUT2D eigenvalue weighted by molar-refractivity contribution is 6.09. The fourth-order valence-electron chi connectivity index (χ4n) is 6.20. The number of esters is 5. The van der Waals surface area contributed by atoms with Gasteiger partial charge in [0, 0.05) is 64.4 Å². The van der Waals surface area contributed by atoms with E-state index in [0.29, 0.717) is 0 Å². The summed E-state index contributed by atoms with van der Waals surface area (Å²) in [7, 11) is 0. The van der Waals surface area contributed by atoms with Crippen molar-refractivity contribution >= 4 is 46.6 Å². The van der Waals surface area contributed by atoms with Crippen LogP contribution in [-0.4, -0.2) is 45.8 Å². The number of hydrogen-bond donors (Lipinski definition) is 2. The minimum Gasteiger partial charge on any atom is -0.507 e. The standard InChI is InChI=1S/C40H30O16/c1-17(41)50-24-9-6-22(7-10-24)39-37(38(49)35-26(46)13-25(51-18(2)42)14-32(35)56-39)36-33(54-21(5)45)16-28(48)34-27(47)15-30(55-40(34)36)23-8-11-29(52-19(3)43)31(12-23)53-20(4)44/h6-16,37,39,46,48H,1-5H3. The van der Waals surface area contributed by atoms with Gasteiger partial charge in [0.25, 0.3) is 0 Å². The van der Waals surface area contributed by atoms with E-state index in [1.807, 2.05) is 0 Å². The highest BCUT2D eigenvalue weighted by atomic mass is 16.6. The van der Waals surface area contributed by atoms with Crippen molar-refractivity contribution in [3.63, 3.8) is 0 Å². The molecule has 0 bridgehead atoms. The van der Waals surface area contributed by atoms with Gasteiger partial charge in [-0.15, -0.1) is 0 Å². The third kappa shape index (κ3) is 7.75. The number of ether oxygens (including phenoxy) is 6. The van der Waals surface area contributed by atoms with Gasteiger partial charge in [-0.2, -0.15) is 0 Å². The average molecular weight is 767 g/mol. The zero-order chi connectivity index (χ0) is 40.6. The molecule has 0 radical (unpaired) electrons. The van der Waals surface area contributed by atoms with E-state index in [9.17, 15) is 43.8 Å². The molecule has 16 heteroatoms. The van der Waals surface area contributed by atoms with E-state index in [2.05, 4.69) is 0 Å². The molecule has 2 unspecified atom stereocenters. The molecule has 2 N–H and O–H groups in total. The van der Waals surface area contributed by atoms with Crippen LogP contribution in [0.25, 0.3) is 22.3 Å². The Morgan fingerprint density at radius 2 is 1.20 bits per heavy atom. The molecule has 1 aliphatic heterocycles. The van der Waals surface area contributed by atoms with E-state index in [0.717, 1.165) is 45.9 Å². The van der Waals surface area contributed by atoms with Gasteiger partial charge in [0.15, 0.2) is 22.7 Å². The minimum absolute atomic E-state index is 0.101. The van der Waals surface area contributed by atoms with Gasteiger partial charge >= 0.3 is 29.8 Å². The molecular weight excluding hydrogens is 736 g/mol. The Labute approximate surface area is 315 Å². The molecule has 0 saturated heterocycles. The van der Waals surface area contributed by atoms with Crippen molar-refractivity contribution < 1.29 is 71.8 Å². The van der Waals surface area contributed by atoms with Gasteiger partial charge in [-0.3, -0.25) is 33.6 Å². The molecule has 0 aliphatic carbocycles. The van der Waals surface area contributed by atoms with Crippen LogP contribution in [0.1, 0.15) is 68.1 Å². The van der Waals surface area contributed by atoms with Gasteiger partial charge in [0.05, 0.1) is 11.5 Å². The summed E-state index contributed by atoms with van der Waals surface area (Å²) in [4.78, 5) is 88.2. The number of ketones is 1. The van der Waals surface area contributed by atoms with Crippen LogP contribution < -0.4 is 33.8 Å². The normalized spacial score (nSPS) is 14.6. The highest BCUT2D eigenvalue weighted by Crippen LogP contribution is 2.52. The molecule has 1 aromatic heterocycles. The lowest BCUT2D eigenvalue weighted by molar-refractivity contribution is -0.134. The lowest BCUT2D eigenvalue weighted by Gasteiger charge is -2.34. The van der Waals surface area contributed by atoms with Gasteiger partial charge in [-0.05, 0) is 35.9 Å². The Morgan fingerprint density at radius 1 is 0.607 bits per heavy atom. The maximum atomic E-state index is 14.8. The van der Waals surface area contributed by atoms with Crippen molar-refractivity contribution in [2.75, 3.05) is 0 Å². The molecule has 16 nitrogen and oxygen atoms in total. The number of phenols is 2. The SMILES string of the molecule is CC(=O)Oc1ccc(C2Oc3cc(OC(C)=O)cc(O)c3C(=O)C2c2c(OC(C)=O)cc(O)c3c(=O)cc(-c4ccc(OC(C)=O)c(OC(C)=O)c4)oc23)cc1. The fourth-order valence-corrected chi connectivity index (χ4v) is 6.20. The number of hydrogen-bond acceptors (Lipinski definition) is 16. The molecule has 0 spiro atoms. The second-order valence-electron chi connectivity index (χ2n) is 12.4. The highest BCUT2D eigenvalue weighted by Gasteiger charge is 2.45. The first kappa shape index (κ1) is 38.2. The van der Waals surface area contributed by atoms with E-state index < -0.39 is 81.3 Å². The zero-order valence-electron chi connectivity index (χ0n) is 30.1. The van der Waals surface area contributed by atoms with Crippen molar-refractivity contribution in [3.8, 4) is 57.3 Å². The van der Waals surface area contributed by atoms with E-state index >= 15 is 0 Å². The van der Waals surface area contributed by atoms with Gasteiger partial charge < -0.3 is 43.1 Å². The number of benzene rings is 4. The Hall–Kier alpha value is -7.49. The number of phenolic OH excluding ortho intramolecular Hbond substituents is 2. The van der Waals surface area contributed by atoms with Crippen molar-refractivity contribution in [3.05, 3.63) is 93.6 Å². The average Bonchev–Trinajstić information content (AvgIpc) is 3.08. The fraction of sp³-hybridized carbons (Fsp3) is 0.175. The largest absolute Gasteiger partial charge is 0.507 e. The minimum atomic E-state index is -1.62. The maximum Gasteiger partial charge on any atom is 0.308 e. The summed E-state index contributed by atoms with van der Waals surface area (Å²) in [5.41, 5.74) is -1.54. The molecule has 0 amide bonds. The molecule has 4 aromatic carbocycles. The second-order valence-corrected chi connectivity index (χ2v) is 12.4. The van der Waals surface area contributed by atoms with Crippen molar-refractivity contribution in [2.45, 2.75) is 46.6 Å². The molecule has 286 valence electrons. The summed E-state index contributed by atoms with van der Waals surface area (Å²) in [5, 5.41) is 21.8. The van der Waals surface area contributed by atoms with Crippen molar-refractivity contribution in [1.82, 2.24) is 0 Å². The van der Waals surface area contributed by atoms with Gasteiger partial charge in [0.2, 0.25) is 0 Å². The monoisotopic (exact) mass is 766 g/mol. The zero-order valence-corrected chi connectivity index (χ0v) is 30.1. The van der Waals surface area contributed by atoms with Crippen LogP contribution in [0.4, 0.5) is 0 Å². The number of rotatable bonds is 8. The molecule has 2 atom stereocenters. The Bertz CT molecular complexity index is 2550. The number of aromatic hydroxyl groups is 2. The molecule has 6 rings (SSSR count). The summed E-state index contributed by atoms with van der Waals surface area (Å²) in [6.45, 7) is 5.64. The summed E-state index contributed by atoms with van der Waals surface area (Å²) in [6.07, 6.45) is -1.39. The van der Waals surface area contributed by atoms with Gasteiger partial charge in [-0.1, -0.05) is 12.1 Å². The molecule has 0 saturated carbocycles. The molecule has 56 heavy (non-hydrogen) atoms. The predicted octanol–water partition coefficient (Wildman–Crippen LogP) is 5.60. The first-order chi connectivity index (χ1) is 26.5. The van der Waals surface area contributed by atoms with Gasteiger partial charge in [0.1, 0.15) is 62.9 Å². The Kier molecular flexibility index (Phi) is 10.3. The molecule has 0 fully saturated rings. The van der Waals surface area contributed by atoms with Crippen LogP contribution in [0.2, 0.25) is 0 Å².